The number of carboxylic acids is 1. The molecule has 0 aliphatic carbocycles. The number of rotatable bonds is 13. The van der Waals surface area contributed by atoms with Gasteiger partial charge in [0.15, 0.2) is 0 Å². The van der Waals surface area contributed by atoms with E-state index < -0.39 is 29.6 Å². The molecule has 2 amide bonds. The minimum Gasteiger partial charge on any atom is -0.481 e. The smallest absolute Gasteiger partial charge is 0.407 e. The second kappa shape index (κ2) is 13.1. The molecule has 0 bridgehead atoms. The third-order valence-electron chi connectivity index (χ3n) is 4.98. The van der Waals surface area contributed by atoms with Crippen molar-refractivity contribution in [1.82, 2.24) is 5.32 Å². The lowest BCUT2D eigenvalue weighted by molar-refractivity contribution is -0.137. The average Bonchev–Trinajstić information content (AvgIpc) is 2.66. The number of nitrogens with one attached hydrogen (secondary N) is 1. The fraction of sp³-hybridized carbons (Fsp3) is 0.625. The molecule has 0 spiro atoms. The van der Waals surface area contributed by atoms with Crippen LogP contribution in [-0.4, -0.2) is 40.8 Å². The summed E-state index contributed by atoms with van der Waals surface area (Å²) in [5, 5.41) is 11.5. The summed E-state index contributed by atoms with van der Waals surface area (Å²) in [6.07, 6.45) is 2.08. The predicted octanol–water partition coefficient (Wildman–Crippen LogP) is 3.86. The summed E-state index contributed by atoms with van der Waals surface area (Å²) in [4.78, 5) is 34.0. The van der Waals surface area contributed by atoms with Gasteiger partial charge in [0.1, 0.15) is 5.60 Å². The maximum Gasteiger partial charge on any atom is 0.407 e. The summed E-state index contributed by atoms with van der Waals surface area (Å²) in [5.74, 6) is -1.21. The average molecular weight is 451 g/mol. The van der Waals surface area contributed by atoms with Crippen molar-refractivity contribution in [1.29, 1.82) is 0 Å². The summed E-state index contributed by atoms with van der Waals surface area (Å²) in [6, 6.07) is 5.67. The van der Waals surface area contributed by atoms with Gasteiger partial charge in [-0.15, -0.1) is 0 Å². The van der Waals surface area contributed by atoms with Gasteiger partial charge in [-0.05, 0) is 77.0 Å². The van der Waals surface area contributed by atoms with Gasteiger partial charge in [0.25, 0.3) is 0 Å². The van der Waals surface area contributed by atoms with E-state index in [9.17, 15) is 14.4 Å². The molecular weight excluding hydrogens is 412 g/mol. The fourth-order valence-corrected chi connectivity index (χ4v) is 3.24. The normalized spacial score (nSPS) is 13.3. The van der Waals surface area contributed by atoms with Crippen LogP contribution in [0.15, 0.2) is 18.2 Å². The molecule has 180 valence electrons. The first-order valence-electron chi connectivity index (χ1n) is 11.1. The van der Waals surface area contributed by atoms with E-state index in [-0.39, 0.29) is 18.9 Å². The Morgan fingerprint density at radius 2 is 1.84 bits per heavy atom. The SMILES string of the molecule is Cc1cc(CO[C@H](C)[C@H](CCC(N)=O)NC(=O)OC(C)(C)C)ccc1CCCCC(=O)O. The monoisotopic (exact) mass is 450 g/mol. The predicted molar refractivity (Wildman–Crippen MR) is 122 cm³/mol. The van der Waals surface area contributed by atoms with Gasteiger partial charge in [-0.2, -0.15) is 0 Å². The van der Waals surface area contributed by atoms with Crippen molar-refractivity contribution in [3.8, 4) is 0 Å². The number of alkyl carbamates (subject to hydrolysis) is 1. The molecule has 1 rings (SSSR count). The molecule has 2 atom stereocenters. The molecule has 8 heteroatoms. The van der Waals surface area contributed by atoms with Crippen LogP contribution in [0.4, 0.5) is 4.79 Å². The van der Waals surface area contributed by atoms with Gasteiger partial charge in [0.05, 0.1) is 18.8 Å². The maximum absolute atomic E-state index is 12.2. The zero-order valence-corrected chi connectivity index (χ0v) is 19.9. The van der Waals surface area contributed by atoms with E-state index in [4.69, 9.17) is 20.3 Å². The third kappa shape index (κ3) is 11.7. The van der Waals surface area contributed by atoms with Crippen LogP contribution in [0.5, 0.6) is 0 Å². The van der Waals surface area contributed by atoms with E-state index in [0.717, 1.165) is 24.0 Å². The Bertz CT molecular complexity index is 772. The van der Waals surface area contributed by atoms with E-state index in [1.165, 1.54) is 5.56 Å². The van der Waals surface area contributed by atoms with Crippen molar-refractivity contribution in [2.45, 2.75) is 97.5 Å². The lowest BCUT2D eigenvalue weighted by Crippen LogP contribution is -2.45. The van der Waals surface area contributed by atoms with Crippen LogP contribution in [0.1, 0.15) is 76.5 Å². The van der Waals surface area contributed by atoms with Crippen LogP contribution in [0.25, 0.3) is 0 Å². The molecular formula is C24H38N2O6. The molecule has 0 heterocycles. The van der Waals surface area contributed by atoms with Crippen LogP contribution in [0.3, 0.4) is 0 Å². The number of nitrogens with two attached hydrogens (primary N) is 1. The third-order valence-corrected chi connectivity index (χ3v) is 4.98. The molecule has 32 heavy (non-hydrogen) atoms. The highest BCUT2D eigenvalue weighted by Crippen LogP contribution is 2.17. The van der Waals surface area contributed by atoms with Gasteiger partial charge < -0.3 is 25.6 Å². The quantitative estimate of drug-likeness (QED) is 0.392. The van der Waals surface area contributed by atoms with Gasteiger partial charge in [-0.25, -0.2) is 4.79 Å². The van der Waals surface area contributed by atoms with Crippen molar-refractivity contribution in [3.05, 3.63) is 34.9 Å². The molecule has 8 nitrogen and oxygen atoms in total. The molecule has 0 saturated heterocycles. The molecule has 0 aliphatic rings. The van der Waals surface area contributed by atoms with Crippen LogP contribution in [-0.2, 0) is 32.1 Å². The first-order valence-corrected chi connectivity index (χ1v) is 11.1. The lowest BCUT2D eigenvalue weighted by atomic mass is 10.00. The van der Waals surface area contributed by atoms with Crippen molar-refractivity contribution < 1.29 is 29.0 Å². The molecule has 4 N–H and O–H groups in total. The number of carboxylic acid groups (broad SMARTS) is 1. The highest BCUT2D eigenvalue weighted by Gasteiger charge is 2.24. The second-order valence-electron chi connectivity index (χ2n) is 9.14. The number of aryl methyl sites for hydroxylation is 2. The van der Waals surface area contributed by atoms with Gasteiger partial charge in [-0.1, -0.05) is 18.2 Å². The summed E-state index contributed by atoms with van der Waals surface area (Å²) in [7, 11) is 0. The Labute approximate surface area is 190 Å². The van der Waals surface area contributed by atoms with Crippen molar-refractivity contribution in [2.24, 2.45) is 5.73 Å². The number of amides is 2. The molecule has 1 aromatic rings. The molecule has 0 unspecified atom stereocenters. The summed E-state index contributed by atoms with van der Waals surface area (Å²) < 4.78 is 11.3. The lowest BCUT2D eigenvalue weighted by Gasteiger charge is -2.27. The Morgan fingerprint density at radius 1 is 1.16 bits per heavy atom. The number of carbonyl (C=O) groups is 3. The van der Waals surface area contributed by atoms with E-state index in [2.05, 4.69) is 11.4 Å². The van der Waals surface area contributed by atoms with E-state index in [1.54, 1.807) is 20.8 Å². The number of hydrogen-bond donors (Lipinski definition) is 3. The number of ether oxygens (including phenoxy) is 2. The number of carbonyl (C=O) groups excluding carboxylic acids is 2. The van der Waals surface area contributed by atoms with Crippen molar-refractivity contribution >= 4 is 18.0 Å². The van der Waals surface area contributed by atoms with E-state index in [0.29, 0.717) is 19.4 Å². The Kier molecular flexibility index (Phi) is 11.2. The van der Waals surface area contributed by atoms with Crippen molar-refractivity contribution in [2.75, 3.05) is 0 Å². The fourth-order valence-electron chi connectivity index (χ4n) is 3.24. The largest absolute Gasteiger partial charge is 0.481 e. The van der Waals surface area contributed by atoms with Crippen LogP contribution >= 0.6 is 0 Å². The summed E-state index contributed by atoms with van der Waals surface area (Å²) >= 11 is 0. The molecule has 0 radical (unpaired) electrons. The molecule has 0 aromatic heterocycles. The maximum atomic E-state index is 12.2. The van der Waals surface area contributed by atoms with Crippen LogP contribution in [0, 0.1) is 6.92 Å². The van der Waals surface area contributed by atoms with Gasteiger partial charge >= 0.3 is 12.1 Å². The highest BCUT2D eigenvalue weighted by atomic mass is 16.6. The number of benzene rings is 1. The molecule has 0 saturated carbocycles. The Morgan fingerprint density at radius 3 is 2.41 bits per heavy atom. The highest BCUT2D eigenvalue weighted by molar-refractivity contribution is 5.74. The minimum atomic E-state index is -0.765. The molecule has 0 aliphatic heterocycles. The Balaban J connectivity index is 2.66. The topological polar surface area (TPSA) is 128 Å². The van der Waals surface area contributed by atoms with Gasteiger partial charge in [-0.3, -0.25) is 9.59 Å². The zero-order valence-electron chi connectivity index (χ0n) is 19.9. The zero-order chi connectivity index (χ0) is 24.3. The number of unbranched alkanes of at least 4 members (excludes halogenated alkanes) is 1. The number of aliphatic carboxylic acids is 1. The van der Waals surface area contributed by atoms with Crippen molar-refractivity contribution in [3.63, 3.8) is 0 Å². The van der Waals surface area contributed by atoms with Gasteiger partial charge in [0.2, 0.25) is 5.91 Å². The number of hydrogen-bond acceptors (Lipinski definition) is 5. The first kappa shape index (κ1) is 27.4. The first-order chi connectivity index (χ1) is 14.9. The summed E-state index contributed by atoms with van der Waals surface area (Å²) in [5.41, 5.74) is 7.96. The minimum absolute atomic E-state index is 0.129. The Hall–Kier alpha value is -2.61. The summed E-state index contributed by atoms with van der Waals surface area (Å²) in [6.45, 7) is 9.56. The van der Waals surface area contributed by atoms with E-state index >= 15 is 0 Å². The van der Waals surface area contributed by atoms with Gasteiger partial charge in [0, 0.05) is 12.8 Å². The second-order valence-corrected chi connectivity index (χ2v) is 9.14. The standard InChI is InChI=1S/C24H38N2O6/c1-16-14-18(10-11-19(16)8-6-7-9-22(28)29)15-31-17(2)20(12-13-21(25)27)26-23(30)32-24(3,4)5/h10-11,14,17,20H,6-9,12-13,15H2,1-5H3,(H2,25,27)(H,26,30)(H,28,29)/t17-,20+/m1/s1. The molecule has 0 fully saturated rings. The van der Waals surface area contributed by atoms with Crippen LogP contribution in [0.2, 0.25) is 0 Å². The number of primary amides is 1. The molecule has 1 aromatic carbocycles. The van der Waals surface area contributed by atoms with Crippen LogP contribution < -0.4 is 11.1 Å². The van der Waals surface area contributed by atoms with E-state index in [1.807, 2.05) is 26.0 Å².